The lowest BCUT2D eigenvalue weighted by atomic mass is 10.0. The fraction of sp³-hybridized carbons (Fsp3) is 0.417. The molecule has 0 saturated heterocycles. The van der Waals surface area contributed by atoms with Crippen molar-refractivity contribution >= 4 is 28.9 Å². The van der Waals surface area contributed by atoms with Gasteiger partial charge in [0, 0.05) is 12.8 Å². The fourth-order valence-corrected chi connectivity index (χ4v) is 1.96. The van der Waals surface area contributed by atoms with E-state index < -0.39 is 11.4 Å². The van der Waals surface area contributed by atoms with Crippen molar-refractivity contribution in [3.8, 4) is 0 Å². The predicted octanol–water partition coefficient (Wildman–Crippen LogP) is 1.86. The summed E-state index contributed by atoms with van der Waals surface area (Å²) < 4.78 is 5.10. The van der Waals surface area contributed by atoms with Gasteiger partial charge >= 0.3 is 0 Å². The Morgan fingerprint density at radius 2 is 2.11 bits per heavy atom. The number of rotatable bonds is 5. The number of benzene rings is 1. The molecule has 0 aliphatic heterocycles. The van der Waals surface area contributed by atoms with Crippen LogP contribution in [0.25, 0.3) is 0 Å². The molecule has 0 unspecified atom stereocenters. The number of primary amides is 1. The van der Waals surface area contributed by atoms with Gasteiger partial charge in [0.15, 0.2) is 0 Å². The summed E-state index contributed by atoms with van der Waals surface area (Å²) in [7, 11) is 1.60. The molecular formula is C12H18ClN3O2. The number of ether oxygens (including phenoxy) is 1. The first-order chi connectivity index (χ1) is 8.26. The van der Waals surface area contributed by atoms with Crippen LogP contribution in [0.1, 0.15) is 24.2 Å². The summed E-state index contributed by atoms with van der Waals surface area (Å²) in [6.45, 7) is 4.30. The Balaban J connectivity index is 3.19. The molecule has 0 atom stereocenters. The molecule has 1 aromatic carbocycles. The molecule has 0 bridgehead atoms. The third-order valence-electron chi connectivity index (χ3n) is 2.35. The number of methoxy groups -OCH3 is 1. The molecule has 100 valence electrons. The maximum Gasteiger partial charge on any atom is 0.250 e. The Morgan fingerprint density at radius 3 is 2.61 bits per heavy atom. The van der Waals surface area contributed by atoms with Crippen LogP contribution >= 0.6 is 11.6 Å². The number of nitrogens with two attached hydrogens (primary N) is 2. The van der Waals surface area contributed by atoms with Crippen molar-refractivity contribution < 1.29 is 9.53 Å². The second kappa shape index (κ2) is 5.46. The van der Waals surface area contributed by atoms with E-state index in [0.717, 1.165) is 0 Å². The minimum Gasteiger partial charge on any atom is -0.399 e. The average molecular weight is 272 g/mol. The smallest absolute Gasteiger partial charge is 0.250 e. The van der Waals surface area contributed by atoms with Gasteiger partial charge in [0.25, 0.3) is 5.91 Å². The van der Waals surface area contributed by atoms with E-state index in [1.54, 1.807) is 13.2 Å². The highest BCUT2D eigenvalue weighted by molar-refractivity contribution is 6.34. The van der Waals surface area contributed by atoms with Gasteiger partial charge in [0.1, 0.15) is 0 Å². The number of hydrogen-bond donors (Lipinski definition) is 3. The first-order valence-corrected chi connectivity index (χ1v) is 5.80. The number of hydrogen-bond acceptors (Lipinski definition) is 4. The van der Waals surface area contributed by atoms with E-state index in [4.69, 9.17) is 27.8 Å². The molecule has 1 aromatic rings. The van der Waals surface area contributed by atoms with Crippen LogP contribution in [0.5, 0.6) is 0 Å². The maximum atomic E-state index is 11.4. The summed E-state index contributed by atoms with van der Waals surface area (Å²) in [5.74, 6) is -0.583. The van der Waals surface area contributed by atoms with Crippen molar-refractivity contribution in [1.29, 1.82) is 0 Å². The predicted molar refractivity (Wildman–Crippen MR) is 74.0 cm³/mol. The highest BCUT2D eigenvalue weighted by Gasteiger charge is 2.22. The van der Waals surface area contributed by atoms with Gasteiger partial charge in [-0.2, -0.15) is 0 Å². The number of nitrogen functional groups attached to an aromatic ring is 1. The number of amides is 1. The molecule has 0 fully saturated rings. The molecule has 5 N–H and O–H groups in total. The molecular weight excluding hydrogens is 254 g/mol. The Morgan fingerprint density at radius 1 is 1.50 bits per heavy atom. The number of halogens is 1. The number of carbonyl (C=O) groups is 1. The van der Waals surface area contributed by atoms with Gasteiger partial charge in [-0.05, 0) is 26.0 Å². The van der Waals surface area contributed by atoms with Gasteiger partial charge in [-0.25, -0.2) is 0 Å². The van der Waals surface area contributed by atoms with Gasteiger partial charge in [-0.1, -0.05) is 11.6 Å². The largest absolute Gasteiger partial charge is 0.399 e. The van der Waals surface area contributed by atoms with Gasteiger partial charge in [-0.3, -0.25) is 4.79 Å². The average Bonchev–Trinajstić information content (AvgIpc) is 2.21. The zero-order valence-electron chi connectivity index (χ0n) is 10.7. The second-order valence-electron chi connectivity index (χ2n) is 4.73. The van der Waals surface area contributed by atoms with Crippen molar-refractivity contribution in [2.45, 2.75) is 19.4 Å². The fourth-order valence-electron chi connectivity index (χ4n) is 1.68. The normalized spacial score (nSPS) is 11.3. The molecule has 0 aromatic heterocycles. The summed E-state index contributed by atoms with van der Waals surface area (Å²) in [5, 5.41) is 3.51. The quantitative estimate of drug-likeness (QED) is 0.713. The van der Waals surface area contributed by atoms with Gasteiger partial charge in [-0.15, -0.1) is 0 Å². The molecule has 6 heteroatoms. The molecule has 1 amide bonds. The maximum absolute atomic E-state index is 11.4. The van der Waals surface area contributed by atoms with Crippen molar-refractivity contribution in [2.75, 3.05) is 24.8 Å². The van der Waals surface area contributed by atoms with Crippen molar-refractivity contribution in [3.05, 3.63) is 22.7 Å². The second-order valence-corrected chi connectivity index (χ2v) is 5.14. The van der Waals surface area contributed by atoms with E-state index in [1.807, 2.05) is 13.8 Å². The minimum atomic E-state index is -0.583. The molecule has 0 aliphatic rings. The lowest BCUT2D eigenvalue weighted by Gasteiger charge is -2.28. The van der Waals surface area contributed by atoms with Crippen LogP contribution in [0.3, 0.4) is 0 Å². The Labute approximate surface area is 111 Å². The number of anilines is 2. The highest BCUT2D eigenvalue weighted by Crippen LogP contribution is 2.31. The van der Waals surface area contributed by atoms with Crippen LogP contribution < -0.4 is 16.8 Å². The van der Waals surface area contributed by atoms with Crippen LogP contribution in [0.15, 0.2) is 12.1 Å². The summed E-state index contributed by atoms with van der Waals surface area (Å²) in [4.78, 5) is 11.4. The molecule has 0 saturated carbocycles. The zero-order valence-corrected chi connectivity index (χ0v) is 11.5. The highest BCUT2D eigenvalue weighted by atomic mass is 35.5. The molecule has 0 radical (unpaired) electrons. The summed E-state index contributed by atoms with van der Waals surface area (Å²) in [6.07, 6.45) is 0. The van der Waals surface area contributed by atoms with E-state index in [2.05, 4.69) is 5.32 Å². The Hall–Kier alpha value is -1.46. The third kappa shape index (κ3) is 3.51. The standard InChI is InChI=1S/C12H18ClN3O2/c1-12(2,6-18-3)16-10-8(11(15)17)4-7(14)5-9(10)13/h4-5,16H,6,14H2,1-3H3,(H2,15,17). The first-order valence-electron chi connectivity index (χ1n) is 5.43. The Kier molecular flexibility index (Phi) is 4.43. The van der Waals surface area contributed by atoms with Crippen LogP contribution in [0.2, 0.25) is 5.02 Å². The van der Waals surface area contributed by atoms with E-state index in [-0.39, 0.29) is 5.56 Å². The molecule has 0 aliphatic carbocycles. The van der Waals surface area contributed by atoms with Crippen molar-refractivity contribution in [3.63, 3.8) is 0 Å². The van der Waals surface area contributed by atoms with Gasteiger partial charge in [0.2, 0.25) is 0 Å². The van der Waals surface area contributed by atoms with Crippen LogP contribution in [0, 0.1) is 0 Å². The summed E-state index contributed by atoms with van der Waals surface area (Å²) in [6, 6.07) is 3.07. The third-order valence-corrected chi connectivity index (χ3v) is 2.64. The lowest BCUT2D eigenvalue weighted by molar-refractivity contribution is 0.100. The van der Waals surface area contributed by atoms with Gasteiger partial charge < -0.3 is 21.5 Å². The number of nitrogens with one attached hydrogen (secondary N) is 1. The SMILES string of the molecule is COCC(C)(C)Nc1c(Cl)cc(N)cc1C(N)=O. The molecule has 1 rings (SSSR count). The van der Waals surface area contributed by atoms with E-state index in [9.17, 15) is 4.79 Å². The Bertz CT molecular complexity index is 461. The monoisotopic (exact) mass is 271 g/mol. The van der Waals surface area contributed by atoms with Crippen molar-refractivity contribution in [2.24, 2.45) is 5.73 Å². The summed E-state index contributed by atoms with van der Waals surface area (Å²) >= 11 is 6.09. The molecule has 0 heterocycles. The minimum absolute atomic E-state index is 0.268. The van der Waals surface area contributed by atoms with Crippen LogP contribution in [0.4, 0.5) is 11.4 Å². The van der Waals surface area contributed by atoms with E-state index >= 15 is 0 Å². The van der Waals surface area contributed by atoms with E-state index in [1.165, 1.54) is 6.07 Å². The molecule has 18 heavy (non-hydrogen) atoms. The molecule has 0 spiro atoms. The van der Waals surface area contributed by atoms with Crippen LogP contribution in [-0.4, -0.2) is 25.2 Å². The molecule has 5 nitrogen and oxygen atoms in total. The lowest BCUT2D eigenvalue weighted by Crippen LogP contribution is -2.37. The van der Waals surface area contributed by atoms with Crippen LogP contribution in [-0.2, 0) is 4.74 Å². The topological polar surface area (TPSA) is 90.4 Å². The van der Waals surface area contributed by atoms with Gasteiger partial charge in [0.05, 0.1) is 28.4 Å². The first kappa shape index (κ1) is 14.6. The summed E-state index contributed by atoms with van der Waals surface area (Å²) in [5.41, 5.74) is 11.7. The number of carbonyl (C=O) groups excluding carboxylic acids is 1. The zero-order chi connectivity index (χ0) is 13.9. The van der Waals surface area contributed by atoms with Crippen molar-refractivity contribution in [1.82, 2.24) is 0 Å². The van der Waals surface area contributed by atoms with E-state index in [0.29, 0.717) is 23.0 Å².